The van der Waals surface area contributed by atoms with Crippen LogP contribution in [0.1, 0.15) is 18.5 Å². The zero-order chi connectivity index (χ0) is 13.1. The summed E-state index contributed by atoms with van der Waals surface area (Å²) in [6.45, 7) is 1.97. The maximum atomic E-state index is 5.85. The maximum Gasteiger partial charge on any atom is 0.101 e. The number of hydrogen-bond donors (Lipinski definition) is 1. The predicted octanol–water partition coefficient (Wildman–Crippen LogP) is 4.67. The molecule has 0 aliphatic carbocycles. The lowest BCUT2D eigenvalue weighted by Gasteiger charge is -2.09. The molecule has 2 N–H and O–H groups in total. The highest BCUT2D eigenvalue weighted by Crippen LogP contribution is 2.34. The van der Waals surface area contributed by atoms with Gasteiger partial charge < -0.3 is 5.73 Å². The first kappa shape index (κ1) is 13.9. The van der Waals surface area contributed by atoms with Gasteiger partial charge >= 0.3 is 0 Å². The summed E-state index contributed by atoms with van der Waals surface area (Å²) in [4.78, 5) is 5.36. The van der Waals surface area contributed by atoms with Gasteiger partial charge in [-0.2, -0.15) is 0 Å². The van der Waals surface area contributed by atoms with E-state index in [1.807, 2.05) is 37.3 Å². The van der Waals surface area contributed by atoms with E-state index in [0.29, 0.717) is 5.02 Å². The highest BCUT2D eigenvalue weighted by Gasteiger charge is 2.06. The Labute approximate surface area is 124 Å². The second-order valence-electron chi connectivity index (χ2n) is 3.90. The Hall–Kier alpha value is -0.550. The first-order chi connectivity index (χ1) is 8.56. The van der Waals surface area contributed by atoms with E-state index in [0.717, 1.165) is 20.0 Å². The highest BCUT2D eigenvalue weighted by molar-refractivity contribution is 9.10. The summed E-state index contributed by atoms with van der Waals surface area (Å²) in [6, 6.07) is 9.90. The molecule has 2 nitrogen and oxygen atoms in total. The summed E-state index contributed by atoms with van der Waals surface area (Å²) in [5, 5.41) is 1.55. The van der Waals surface area contributed by atoms with Crippen LogP contribution in [0, 0.1) is 0 Å². The molecular formula is C13H12BrClN2S. The van der Waals surface area contributed by atoms with Crippen LogP contribution in [0.25, 0.3) is 0 Å². The van der Waals surface area contributed by atoms with Crippen LogP contribution in [-0.4, -0.2) is 4.98 Å². The lowest BCUT2D eigenvalue weighted by atomic mass is 10.1. The number of halogens is 2. The summed E-state index contributed by atoms with van der Waals surface area (Å²) >= 11 is 10.9. The molecule has 2 rings (SSSR count). The quantitative estimate of drug-likeness (QED) is 0.880. The number of benzene rings is 1. The zero-order valence-corrected chi connectivity index (χ0v) is 12.9. The first-order valence-electron chi connectivity index (χ1n) is 5.40. The van der Waals surface area contributed by atoms with Gasteiger partial charge in [-0.3, -0.25) is 0 Å². The van der Waals surface area contributed by atoms with Gasteiger partial charge in [0.2, 0.25) is 0 Å². The Morgan fingerprint density at radius 3 is 2.67 bits per heavy atom. The third-order valence-corrected chi connectivity index (χ3v) is 4.57. The van der Waals surface area contributed by atoms with Crippen LogP contribution in [0.4, 0.5) is 0 Å². The first-order valence-corrected chi connectivity index (χ1v) is 7.39. The molecule has 2 aromatic rings. The topological polar surface area (TPSA) is 38.9 Å². The van der Waals surface area contributed by atoms with E-state index in [2.05, 4.69) is 20.9 Å². The van der Waals surface area contributed by atoms with E-state index in [-0.39, 0.29) is 6.04 Å². The van der Waals surface area contributed by atoms with Crippen molar-refractivity contribution < 1.29 is 0 Å². The van der Waals surface area contributed by atoms with Crippen LogP contribution in [0.15, 0.2) is 50.9 Å². The second-order valence-corrected chi connectivity index (χ2v) is 6.25. The second kappa shape index (κ2) is 6.06. The van der Waals surface area contributed by atoms with Gasteiger partial charge in [-0.15, -0.1) is 0 Å². The van der Waals surface area contributed by atoms with Crippen LogP contribution in [0.5, 0.6) is 0 Å². The molecule has 0 radical (unpaired) electrons. The molecule has 5 heteroatoms. The Morgan fingerprint density at radius 2 is 2.11 bits per heavy atom. The van der Waals surface area contributed by atoms with Crippen molar-refractivity contribution in [3.63, 3.8) is 0 Å². The van der Waals surface area contributed by atoms with Crippen molar-refractivity contribution in [1.29, 1.82) is 0 Å². The van der Waals surface area contributed by atoms with Crippen molar-refractivity contribution in [2.75, 3.05) is 0 Å². The van der Waals surface area contributed by atoms with Crippen LogP contribution in [-0.2, 0) is 0 Å². The van der Waals surface area contributed by atoms with Gasteiger partial charge in [-0.25, -0.2) is 4.98 Å². The Bertz CT molecular complexity index is 543. The number of nitrogens with two attached hydrogens (primary N) is 1. The average molecular weight is 344 g/mol. The van der Waals surface area contributed by atoms with Crippen LogP contribution in [0.3, 0.4) is 0 Å². The summed E-state index contributed by atoms with van der Waals surface area (Å²) in [5.41, 5.74) is 6.95. The number of aromatic nitrogens is 1. The van der Waals surface area contributed by atoms with Crippen LogP contribution < -0.4 is 5.73 Å². The average Bonchev–Trinajstić information content (AvgIpc) is 2.34. The standard InChI is InChI=1S/C13H12BrClN2S/c1-8(16)9-2-4-12(11(14)6-9)18-13-5-3-10(15)7-17-13/h2-8H,16H2,1H3/t8-/m1/s1. The van der Waals surface area contributed by atoms with Crippen molar-refractivity contribution in [3.05, 3.63) is 51.6 Å². The van der Waals surface area contributed by atoms with Gasteiger partial charge in [0.05, 0.1) is 5.02 Å². The zero-order valence-electron chi connectivity index (χ0n) is 9.73. The highest BCUT2D eigenvalue weighted by atomic mass is 79.9. The van der Waals surface area contributed by atoms with E-state index in [1.54, 1.807) is 18.0 Å². The predicted molar refractivity (Wildman–Crippen MR) is 80.1 cm³/mol. The van der Waals surface area contributed by atoms with Gasteiger partial charge in [-0.05, 0) is 52.7 Å². The smallest absolute Gasteiger partial charge is 0.101 e. The van der Waals surface area contributed by atoms with Crippen molar-refractivity contribution in [2.24, 2.45) is 5.73 Å². The van der Waals surface area contributed by atoms with Crippen molar-refractivity contribution >= 4 is 39.3 Å². The van der Waals surface area contributed by atoms with Crippen molar-refractivity contribution in [1.82, 2.24) is 4.98 Å². The minimum absolute atomic E-state index is 0.0361. The Balaban J connectivity index is 2.22. The minimum Gasteiger partial charge on any atom is -0.324 e. The molecule has 0 fully saturated rings. The van der Waals surface area contributed by atoms with Gasteiger partial charge in [0.25, 0.3) is 0 Å². The van der Waals surface area contributed by atoms with Crippen molar-refractivity contribution in [3.8, 4) is 0 Å². The van der Waals surface area contributed by atoms with Crippen LogP contribution >= 0.6 is 39.3 Å². The van der Waals surface area contributed by atoms with Gasteiger partial charge in [-0.1, -0.05) is 29.4 Å². The molecule has 0 saturated heterocycles. The van der Waals surface area contributed by atoms with Gasteiger partial charge in [0.1, 0.15) is 5.03 Å². The van der Waals surface area contributed by atoms with Gasteiger partial charge in [0.15, 0.2) is 0 Å². The lowest BCUT2D eigenvalue weighted by molar-refractivity contribution is 0.815. The molecule has 0 spiro atoms. The van der Waals surface area contributed by atoms with E-state index in [9.17, 15) is 0 Å². The monoisotopic (exact) mass is 342 g/mol. The van der Waals surface area contributed by atoms with E-state index in [1.165, 1.54) is 0 Å². The molecule has 0 saturated carbocycles. The number of nitrogens with zero attached hydrogens (tertiary/aromatic N) is 1. The molecule has 0 aliphatic rings. The Kier molecular flexibility index (Phi) is 4.67. The maximum absolute atomic E-state index is 5.85. The molecule has 1 atom stereocenters. The number of hydrogen-bond acceptors (Lipinski definition) is 3. The minimum atomic E-state index is 0.0361. The molecule has 94 valence electrons. The molecule has 0 bridgehead atoms. The van der Waals surface area contributed by atoms with E-state index < -0.39 is 0 Å². The summed E-state index contributed by atoms with van der Waals surface area (Å²) < 4.78 is 1.03. The number of pyridine rings is 1. The molecule has 0 unspecified atom stereocenters. The largest absolute Gasteiger partial charge is 0.324 e. The van der Waals surface area contributed by atoms with Crippen molar-refractivity contribution in [2.45, 2.75) is 22.9 Å². The number of rotatable bonds is 3. The lowest BCUT2D eigenvalue weighted by Crippen LogP contribution is -2.04. The fraction of sp³-hybridized carbons (Fsp3) is 0.154. The molecule has 0 amide bonds. The SMILES string of the molecule is C[C@@H](N)c1ccc(Sc2ccc(Cl)cn2)c(Br)c1. The fourth-order valence-corrected chi connectivity index (χ4v) is 2.93. The van der Waals surface area contributed by atoms with Gasteiger partial charge in [0, 0.05) is 21.6 Å². The molecular weight excluding hydrogens is 332 g/mol. The van der Waals surface area contributed by atoms with Crippen LogP contribution in [0.2, 0.25) is 5.02 Å². The normalized spacial score (nSPS) is 12.4. The third kappa shape index (κ3) is 3.48. The molecule has 1 heterocycles. The Morgan fingerprint density at radius 1 is 1.33 bits per heavy atom. The summed E-state index contributed by atoms with van der Waals surface area (Å²) in [5.74, 6) is 0. The van der Waals surface area contributed by atoms with E-state index >= 15 is 0 Å². The molecule has 18 heavy (non-hydrogen) atoms. The summed E-state index contributed by atoms with van der Waals surface area (Å²) in [7, 11) is 0. The van der Waals surface area contributed by atoms with E-state index in [4.69, 9.17) is 17.3 Å². The summed E-state index contributed by atoms with van der Waals surface area (Å²) in [6.07, 6.45) is 1.65. The fourth-order valence-electron chi connectivity index (χ4n) is 1.42. The molecule has 0 aliphatic heterocycles. The third-order valence-electron chi connectivity index (χ3n) is 2.40. The molecule has 1 aromatic carbocycles. The molecule has 1 aromatic heterocycles.